The summed E-state index contributed by atoms with van der Waals surface area (Å²) in [5.41, 5.74) is 0.555. The molecule has 0 aromatic heterocycles. The highest BCUT2D eigenvalue weighted by molar-refractivity contribution is 7.80. The lowest BCUT2D eigenvalue weighted by atomic mass is 9.80. The predicted octanol–water partition coefficient (Wildman–Crippen LogP) is 3.37. The summed E-state index contributed by atoms with van der Waals surface area (Å²) in [6.07, 6.45) is 5.86. The number of amides is 1. The molecule has 2 fully saturated rings. The number of hydrogen-bond donors (Lipinski definition) is 1. The van der Waals surface area contributed by atoms with Crippen LogP contribution in [0, 0.1) is 16.7 Å². The Balaban J connectivity index is 2.00. The first kappa shape index (κ1) is 14.2. The normalized spacial score (nSPS) is 28.1. The number of hydrogen-bond acceptors (Lipinski definition) is 2. The van der Waals surface area contributed by atoms with Crippen molar-refractivity contribution >= 4 is 18.5 Å². The second-order valence-corrected chi connectivity index (χ2v) is 7.72. The number of carbonyl (C=O) groups excluding carboxylic acids is 1. The molecule has 1 aliphatic carbocycles. The molecule has 0 bridgehead atoms. The highest BCUT2D eigenvalue weighted by Crippen LogP contribution is 2.42. The van der Waals surface area contributed by atoms with E-state index in [4.69, 9.17) is 0 Å². The standard InChI is InChI=1S/C15H27NOS/c1-14(2,3)12-8-13(17)16(9-12)10-15(11-18)6-4-5-7-15/h12,18H,4-11H2,1-3H3. The van der Waals surface area contributed by atoms with Gasteiger partial charge in [-0.15, -0.1) is 0 Å². The third kappa shape index (κ3) is 2.87. The van der Waals surface area contributed by atoms with Crippen molar-refractivity contribution in [2.75, 3.05) is 18.8 Å². The van der Waals surface area contributed by atoms with Crippen LogP contribution in [-0.4, -0.2) is 29.6 Å². The molecule has 1 amide bonds. The van der Waals surface area contributed by atoms with Crippen LogP contribution < -0.4 is 0 Å². The zero-order valence-electron chi connectivity index (χ0n) is 12.0. The molecule has 1 heterocycles. The van der Waals surface area contributed by atoms with Crippen molar-refractivity contribution in [3.05, 3.63) is 0 Å². The van der Waals surface area contributed by atoms with Crippen molar-refractivity contribution < 1.29 is 4.79 Å². The molecule has 2 aliphatic rings. The predicted molar refractivity (Wildman–Crippen MR) is 78.9 cm³/mol. The van der Waals surface area contributed by atoms with Gasteiger partial charge >= 0.3 is 0 Å². The van der Waals surface area contributed by atoms with Gasteiger partial charge in [-0.05, 0) is 35.3 Å². The van der Waals surface area contributed by atoms with Crippen molar-refractivity contribution in [1.82, 2.24) is 4.90 Å². The van der Waals surface area contributed by atoms with Crippen LogP contribution in [0.4, 0.5) is 0 Å². The third-order valence-electron chi connectivity index (χ3n) is 4.97. The van der Waals surface area contributed by atoms with Crippen molar-refractivity contribution in [3.8, 4) is 0 Å². The lowest BCUT2D eigenvalue weighted by molar-refractivity contribution is -0.129. The lowest BCUT2D eigenvalue weighted by Crippen LogP contribution is -2.39. The van der Waals surface area contributed by atoms with Crippen LogP contribution in [0.3, 0.4) is 0 Å². The molecule has 1 saturated carbocycles. The number of carbonyl (C=O) groups is 1. The smallest absolute Gasteiger partial charge is 0.222 e. The second kappa shape index (κ2) is 5.07. The van der Waals surface area contributed by atoms with Crippen LogP contribution in [0.15, 0.2) is 0 Å². The average molecular weight is 269 g/mol. The lowest BCUT2D eigenvalue weighted by Gasteiger charge is -2.33. The van der Waals surface area contributed by atoms with E-state index in [2.05, 4.69) is 38.3 Å². The zero-order valence-corrected chi connectivity index (χ0v) is 12.9. The second-order valence-electron chi connectivity index (χ2n) is 7.41. The van der Waals surface area contributed by atoms with E-state index in [1.54, 1.807) is 0 Å². The summed E-state index contributed by atoms with van der Waals surface area (Å²) in [4.78, 5) is 14.3. The van der Waals surface area contributed by atoms with E-state index in [-0.39, 0.29) is 5.41 Å². The van der Waals surface area contributed by atoms with Crippen LogP contribution in [-0.2, 0) is 4.79 Å². The molecule has 0 N–H and O–H groups in total. The molecule has 0 spiro atoms. The third-order valence-corrected chi connectivity index (χ3v) is 5.64. The van der Waals surface area contributed by atoms with Gasteiger partial charge in [-0.2, -0.15) is 12.6 Å². The van der Waals surface area contributed by atoms with Gasteiger partial charge in [0, 0.05) is 19.5 Å². The van der Waals surface area contributed by atoms with E-state index in [9.17, 15) is 4.79 Å². The monoisotopic (exact) mass is 269 g/mol. The summed E-state index contributed by atoms with van der Waals surface area (Å²) in [5, 5.41) is 0. The Morgan fingerprint density at radius 3 is 2.39 bits per heavy atom. The molecule has 1 saturated heterocycles. The van der Waals surface area contributed by atoms with Gasteiger partial charge in [0.2, 0.25) is 5.91 Å². The minimum atomic E-state index is 0.244. The van der Waals surface area contributed by atoms with E-state index in [0.29, 0.717) is 17.2 Å². The Hall–Kier alpha value is -0.180. The first-order chi connectivity index (χ1) is 8.36. The van der Waals surface area contributed by atoms with Gasteiger partial charge in [0.25, 0.3) is 0 Å². The van der Waals surface area contributed by atoms with Gasteiger partial charge in [-0.25, -0.2) is 0 Å². The summed E-state index contributed by atoms with van der Waals surface area (Å²) in [6.45, 7) is 8.65. The minimum absolute atomic E-state index is 0.244. The van der Waals surface area contributed by atoms with E-state index in [1.165, 1.54) is 25.7 Å². The van der Waals surface area contributed by atoms with Gasteiger partial charge in [-0.1, -0.05) is 33.6 Å². The highest BCUT2D eigenvalue weighted by atomic mass is 32.1. The molecule has 2 rings (SSSR count). The molecule has 1 unspecified atom stereocenters. The Morgan fingerprint density at radius 2 is 1.94 bits per heavy atom. The van der Waals surface area contributed by atoms with Gasteiger partial charge in [0.05, 0.1) is 0 Å². The van der Waals surface area contributed by atoms with Gasteiger partial charge in [0.1, 0.15) is 0 Å². The Kier molecular flexibility index (Phi) is 4.01. The maximum atomic E-state index is 12.2. The van der Waals surface area contributed by atoms with Crippen molar-refractivity contribution in [3.63, 3.8) is 0 Å². The Labute approximate surface area is 117 Å². The molecule has 1 atom stereocenters. The summed E-state index contributed by atoms with van der Waals surface area (Å²) in [5.74, 6) is 1.81. The van der Waals surface area contributed by atoms with Gasteiger partial charge in [0.15, 0.2) is 0 Å². The summed E-state index contributed by atoms with van der Waals surface area (Å²) in [7, 11) is 0. The minimum Gasteiger partial charge on any atom is -0.342 e. The van der Waals surface area contributed by atoms with Crippen LogP contribution >= 0.6 is 12.6 Å². The summed E-state index contributed by atoms with van der Waals surface area (Å²) < 4.78 is 0. The van der Waals surface area contributed by atoms with E-state index >= 15 is 0 Å². The van der Waals surface area contributed by atoms with Crippen LogP contribution in [0.25, 0.3) is 0 Å². The van der Waals surface area contributed by atoms with Crippen LogP contribution in [0.2, 0.25) is 0 Å². The number of nitrogens with zero attached hydrogens (tertiary/aromatic N) is 1. The molecule has 1 aliphatic heterocycles. The van der Waals surface area contributed by atoms with Crippen LogP contribution in [0.5, 0.6) is 0 Å². The SMILES string of the molecule is CC(C)(C)C1CC(=O)N(CC2(CS)CCCC2)C1. The molecule has 2 nitrogen and oxygen atoms in total. The van der Waals surface area contributed by atoms with Crippen molar-refractivity contribution in [2.45, 2.75) is 52.9 Å². The number of rotatable bonds is 3. The molecule has 0 aromatic rings. The van der Waals surface area contributed by atoms with Crippen molar-refractivity contribution in [1.29, 1.82) is 0 Å². The average Bonchev–Trinajstić information content (AvgIpc) is 2.87. The molecule has 18 heavy (non-hydrogen) atoms. The maximum Gasteiger partial charge on any atom is 0.222 e. The first-order valence-electron chi connectivity index (χ1n) is 7.25. The highest BCUT2D eigenvalue weighted by Gasteiger charge is 2.41. The summed E-state index contributed by atoms with van der Waals surface area (Å²) in [6, 6.07) is 0. The molecule has 0 radical (unpaired) electrons. The summed E-state index contributed by atoms with van der Waals surface area (Å²) >= 11 is 4.55. The largest absolute Gasteiger partial charge is 0.342 e. The fourth-order valence-corrected chi connectivity index (χ4v) is 3.82. The fraction of sp³-hybridized carbons (Fsp3) is 0.933. The van der Waals surface area contributed by atoms with E-state index in [0.717, 1.165) is 25.3 Å². The molecule has 104 valence electrons. The van der Waals surface area contributed by atoms with Crippen molar-refractivity contribution in [2.24, 2.45) is 16.7 Å². The molecule has 3 heteroatoms. The molecule has 0 aromatic carbocycles. The number of likely N-dealkylation sites (tertiary alicyclic amines) is 1. The molecular weight excluding hydrogens is 242 g/mol. The van der Waals surface area contributed by atoms with E-state index < -0.39 is 0 Å². The zero-order chi connectivity index (χ0) is 13.4. The number of thiol groups is 1. The van der Waals surface area contributed by atoms with Crippen LogP contribution in [0.1, 0.15) is 52.9 Å². The Bertz CT molecular complexity index is 315. The van der Waals surface area contributed by atoms with E-state index in [1.807, 2.05) is 0 Å². The van der Waals surface area contributed by atoms with Gasteiger partial charge in [-0.3, -0.25) is 4.79 Å². The first-order valence-corrected chi connectivity index (χ1v) is 7.88. The molecular formula is C15H27NOS. The maximum absolute atomic E-state index is 12.2. The topological polar surface area (TPSA) is 20.3 Å². The van der Waals surface area contributed by atoms with Gasteiger partial charge < -0.3 is 4.90 Å². The quantitative estimate of drug-likeness (QED) is 0.779. The Morgan fingerprint density at radius 1 is 1.33 bits per heavy atom. The fourth-order valence-electron chi connectivity index (χ4n) is 3.40.